The van der Waals surface area contributed by atoms with Gasteiger partial charge in [-0.25, -0.2) is 9.59 Å². The number of hydrogen-bond acceptors (Lipinski definition) is 10. The molecule has 1 aromatic rings. The van der Waals surface area contributed by atoms with Crippen molar-refractivity contribution in [3.63, 3.8) is 0 Å². The lowest BCUT2D eigenvalue weighted by Crippen LogP contribution is -2.38. The maximum atomic E-state index is 12.6. The summed E-state index contributed by atoms with van der Waals surface area (Å²) in [6, 6.07) is 2.83. The van der Waals surface area contributed by atoms with Gasteiger partial charge in [0, 0.05) is 5.92 Å². The van der Waals surface area contributed by atoms with Gasteiger partial charge in [0.05, 0.1) is 24.2 Å². The molecular formula is C27H39NO10. The second-order valence-corrected chi connectivity index (χ2v) is 10.0. The normalized spacial score (nSPS) is 16.3. The molecule has 1 aliphatic rings. The van der Waals surface area contributed by atoms with E-state index in [1.54, 1.807) is 34.6 Å². The Hall–Kier alpha value is -3.34. The Labute approximate surface area is 222 Å². The fourth-order valence-corrected chi connectivity index (χ4v) is 4.23. The van der Waals surface area contributed by atoms with Crippen molar-refractivity contribution in [2.75, 3.05) is 0 Å². The minimum atomic E-state index is -1.36. The second kappa shape index (κ2) is 14.6. The molecule has 0 spiro atoms. The van der Waals surface area contributed by atoms with Crippen molar-refractivity contribution >= 4 is 24.2 Å². The van der Waals surface area contributed by atoms with Gasteiger partial charge in [0.2, 0.25) is 0 Å². The molecule has 3 N–H and O–H groups in total. The lowest BCUT2D eigenvalue weighted by atomic mass is 9.86. The Balaban J connectivity index is 2.32. The first-order chi connectivity index (χ1) is 17.9. The Kier molecular flexibility index (Phi) is 11.8. The van der Waals surface area contributed by atoms with E-state index in [9.17, 15) is 24.3 Å². The summed E-state index contributed by atoms with van der Waals surface area (Å²) in [5.41, 5.74) is 6.40. The van der Waals surface area contributed by atoms with E-state index in [0.717, 1.165) is 32.1 Å². The number of carbonyl (C=O) groups is 4. The number of aliphatic carboxylic acids is 1. The summed E-state index contributed by atoms with van der Waals surface area (Å²) in [6.45, 7) is 8.23. The molecular weight excluding hydrogens is 498 g/mol. The molecule has 1 saturated carbocycles. The molecule has 0 aliphatic heterocycles. The fourth-order valence-electron chi connectivity index (χ4n) is 4.23. The first-order valence-electron chi connectivity index (χ1n) is 13.0. The Bertz CT molecular complexity index is 971. The van der Waals surface area contributed by atoms with Crippen LogP contribution in [0, 0.1) is 5.92 Å². The van der Waals surface area contributed by atoms with E-state index < -0.39 is 48.6 Å². The zero-order chi connectivity index (χ0) is 28.4. The van der Waals surface area contributed by atoms with Gasteiger partial charge in [0.25, 0.3) is 0 Å². The third kappa shape index (κ3) is 9.85. The molecule has 0 aromatic heterocycles. The topological polar surface area (TPSA) is 161 Å². The molecule has 0 saturated heterocycles. The summed E-state index contributed by atoms with van der Waals surface area (Å²) in [6.07, 6.45) is 1.06. The number of esters is 1. The smallest absolute Gasteiger partial charge is 0.480 e. The van der Waals surface area contributed by atoms with Crippen LogP contribution in [0.2, 0.25) is 0 Å². The van der Waals surface area contributed by atoms with Gasteiger partial charge in [0.15, 0.2) is 11.5 Å². The minimum absolute atomic E-state index is 0.0946. The highest BCUT2D eigenvalue weighted by atomic mass is 16.7. The van der Waals surface area contributed by atoms with Crippen molar-refractivity contribution in [3.8, 4) is 11.5 Å². The van der Waals surface area contributed by atoms with Crippen LogP contribution in [0.5, 0.6) is 11.5 Å². The predicted molar refractivity (Wildman–Crippen MR) is 136 cm³/mol. The highest BCUT2D eigenvalue weighted by molar-refractivity contribution is 5.75. The summed E-state index contributed by atoms with van der Waals surface area (Å²) in [4.78, 5) is 48.7. The number of rotatable bonds is 11. The van der Waals surface area contributed by atoms with Gasteiger partial charge in [-0.05, 0) is 71.6 Å². The first-order valence-corrected chi connectivity index (χ1v) is 13.0. The highest BCUT2D eigenvalue weighted by Gasteiger charge is 2.31. The lowest BCUT2D eigenvalue weighted by Gasteiger charge is -2.27. The molecule has 1 fully saturated rings. The molecule has 0 heterocycles. The van der Waals surface area contributed by atoms with Gasteiger partial charge < -0.3 is 34.5 Å². The summed E-state index contributed by atoms with van der Waals surface area (Å²) in [5.74, 6) is -2.88. The maximum Gasteiger partial charge on any atom is 0.514 e. The number of carboxylic acids is 1. The van der Waals surface area contributed by atoms with E-state index in [1.165, 1.54) is 18.2 Å². The van der Waals surface area contributed by atoms with Crippen molar-refractivity contribution in [2.24, 2.45) is 11.7 Å². The van der Waals surface area contributed by atoms with E-state index in [1.807, 2.05) is 0 Å². The van der Waals surface area contributed by atoms with E-state index in [0.29, 0.717) is 5.56 Å². The van der Waals surface area contributed by atoms with Gasteiger partial charge >= 0.3 is 24.2 Å². The van der Waals surface area contributed by atoms with Crippen molar-refractivity contribution < 1.29 is 48.0 Å². The van der Waals surface area contributed by atoms with Crippen LogP contribution < -0.4 is 15.2 Å². The number of carboxylic acid groups (broad SMARTS) is 1. The van der Waals surface area contributed by atoms with Gasteiger partial charge in [-0.15, -0.1) is 0 Å². The minimum Gasteiger partial charge on any atom is -0.480 e. The molecule has 1 aliphatic carbocycles. The van der Waals surface area contributed by atoms with Gasteiger partial charge in [0.1, 0.15) is 6.04 Å². The van der Waals surface area contributed by atoms with Crippen LogP contribution in [0.3, 0.4) is 0 Å². The largest absolute Gasteiger partial charge is 0.514 e. The summed E-state index contributed by atoms with van der Waals surface area (Å²) >= 11 is 0. The van der Waals surface area contributed by atoms with Crippen molar-refractivity contribution in [1.29, 1.82) is 0 Å². The monoisotopic (exact) mass is 537 g/mol. The van der Waals surface area contributed by atoms with Crippen molar-refractivity contribution in [3.05, 3.63) is 23.8 Å². The molecule has 38 heavy (non-hydrogen) atoms. The van der Waals surface area contributed by atoms with E-state index in [4.69, 9.17) is 29.4 Å². The lowest BCUT2D eigenvalue weighted by molar-refractivity contribution is -0.155. The molecule has 2 unspecified atom stereocenters. The molecule has 1 aromatic carbocycles. The average molecular weight is 538 g/mol. The third-order valence-electron chi connectivity index (χ3n) is 6.01. The Morgan fingerprint density at radius 2 is 1.42 bits per heavy atom. The number of carbonyl (C=O) groups excluding carboxylic acids is 3. The van der Waals surface area contributed by atoms with Crippen LogP contribution >= 0.6 is 0 Å². The second-order valence-electron chi connectivity index (χ2n) is 10.0. The first kappa shape index (κ1) is 30.9. The molecule has 0 radical (unpaired) electrons. The molecule has 0 bridgehead atoms. The summed E-state index contributed by atoms with van der Waals surface area (Å²) in [7, 11) is 0. The third-order valence-corrected chi connectivity index (χ3v) is 6.01. The summed E-state index contributed by atoms with van der Waals surface area (Å²) in [5, 5.41) is 9.66. The average Bonchev–Trinajstić information content (AvgIpc) is 2.82. The van der Waals surface area contributed by atoms with Crippen LogP contribution in [-0.2, 0) is 23.8 Å². The van der Waals surface area contributed by atoms with Crippen LogP contribution in [0.4, 0.5) is 9.59 Å². The van der Waals surface area contributed by atoms with Crippen LogP contribution in [0.25, 0.3) is 0 Å². The molecule has 0 amide bonds. The molecule has 3 atom stereocenters. The quantitative estimate of drug-likeness (QED) is 0.224. The molecule has 11 nitrogen and oxygen atoms in total. The van der Waals surface area contributed by atoms with Crippen LogP contribution in [0.1, 0.15) is 84.6 Å². The van der Waals surface area contributed by atoms with E-state index in [-0.39, 0.29) is 29.8 Å². The maximum absolute atomic E-state index is 12.6. The fraction of sp³-hybridized carbons (Fsp3) is 0.630. The van der Waals surface area contributed by atoms with Crippen molar-refractivity contribution in [1.82, 2.24) is 0 Å². The Morgan fingerprint density at radius 1 is 0.868 bits per heavy atom. The molecule has 11 heteroatoms. The van der Waals surface area contributed by atoms with Gasteiger partial charge in [-0.1, -0.05) is 25.3 Å². The van der Waals surface area contributed by atoms with E-state index in [2.05, 4.69) is 0 Å². The highest BCUT2D eigenvalue weighted by Crippen LogP contribution is 2.35. The summed E-state index contributed by atoms with van der Waals surface area (Å²) < 4.78 is 26.1. The SMILES string of the molecule is CC(C)OC(=O)Oc1ccc(C(CC(C)OC(=O)C2CCCCC2)[C@H](N)C(=O)O)cc1OC(=O)OC(C)C. The standard InChI is InChI=1S/C27H39NO10/c1-15(2)34-26(32)37-21-12-11-19(14-22(21)38-27(33)35-16(3)4)20(23(28)24(29)30)13-17(5)36-25(31)18-9-7-6-8-10-18/h11-12,14-18,20,23H,6-10,13,28H2,1-5H3,(H,29,30)/t17?,20?,23-/m0/s1. The van der Waals surface area contributed by atoms with Gasteiger partial charge in [-0.2, -0.15) is 0 Å². The number of hydrogen-bond donors (Lipinski definition) is 2. The zero-order valence-electron chi connectivity index (χ0n) is 22.6. The van der Waals surface area contributed by atoms with Crippen LogP contribution in [0.15, 0.2) is 18.2 Å². The number of nitrogens with two attached hydrogens (primary N) is 1. The number of benzene rings is 1. The zero-order valence-corrected chi connectivity index (χ0v) is 22.6. The van der Waals surface area contributed by atoms with Crippen molar-refractivity contribution in [2.45, 2.75) is 103 Å². The molecule has 2 rings (SSSR count). The predicted octanol–water partition coefficient (Wildman–Crippen LogP) is 4.93. The number of ether oxygens (including phenoxy) is 5. The molecule has 212 valence electrons. The Morgan fingerprint density at radius 3 is 1.95 bits per heavy atom. The van der Waals surface area contributed by atoms with E-state index >= 15 is 0 Å². The van der Waals surface area contributed by atoms with Gasteiger partial charge in [-0.3, -0.25) is 9.59 Å². The van der Waals surface area contributed by atoms with Crippen LogP contribution in [-0.4, -0.2) is 53.7 Å².